The van der Waals surface area contributed by atoms with Crippen molar-refractivity contribution in [2.24, 2.45) is 0 Å². The van der Waals surface area contributed by atoms with Gasteiger partial charge in [-0.05, 0) is 42.5 Å². The Labute approximate surface area is 125 Å². The van der Waals surface area contributed by atoms with E-state index in [1.165, 1.54) is 24.0 Å². The Morgan fingerprint density at radius 2 is 1.85 bits per heavy atom. The lowest BCUT2D eigenvalue weighted by molar-refractivity contribution is 0.414. The molecule has 1 unspecified atom stereocenters. The average molecular weight is 287 g/mol. The van der Waals surface area contributed by atoms with E-state index in [-0.39, 0.29) is 10.8 Å². The molecular weight excluding hydrogens is 268 g/mol. The number of ether oxygens (including phenoxy) is 1. The van der Waals surface area contributed by atoms with Gasteiger partial charge in [0.2, 0.25) is 0 Å². The fourth-order valence-electron chi connectivity index (χ4n) is 2.89. The molecule has 2 heteroatoms. The molecule has 1 nitrogen and oxygen atoms in total. The molecule has 0 bridgehead atoms. The van der Waals surface area contributed by atoms with Crippen molar-refractivity contribution in [2.75, 3.05) is 7.11 Å². The minimum atomic E-state index is 0.136. The summed E-state index contributed by atoms with van der Waals surface area (Å²) in [5, 5.41) is 0.136. The van der Waals surface area contributed by atoms with Crippen molar-refractivity contribution < 1.29 is 4.74 Å². The van der Waals surface area contributed by atoms with Gasteiger partial charge < -0.3 is 4.74 Å². The van der Waals surface area contributed by atoms with Crippen molar-refractivity contribution in [1.29, 1.82) is 0 Å². The van der Waals surface area contributed by atoms with Gasteiger partial charge in [0.15, 0.2) is 0 Å². The molecular formula is C18H19ClO. The lowest BCUT2D eigenvalue weighted by atomic mass is 9.89. The van der Waals surface area contributed by atoms with Gasteiger partial charge in [0, 0.05) is 10.8 Å². The van der Waals surface area contributed by atoms with Crippen molar-refractivity contribution in [3.63, 3.8) is 0 Å². The van der Waals surface area contributed by atoms with Gasteiger partial charge in [0.05, 0.1) is 7.11 Å². The maximum Gasteiger partial charge on any atom is 0.119 e. The Balaban J connectivity index is 1.78. The third-order valence-corrected chi connectivity index (χ3v) is 4.86. The van der Waals surface area contributed by atoms with Crippen LogP contribution in [0, 0.1) is 0 Å². The van der Waals surface area contributed by atoms with Gasteiger partial charge in [-0.15, -0.1) is 11.6 Å². The van der Waals surface area contributed by atoms with E-state index >= 15 is 0 Å². The molecule has 20 heavy (non-hydrogen) atoms. The molecule has 1 atom stereocenters. The van der Waals surface area contributed by atoms with E-state index in [0.717, 1.165) is 12.2 Å². The second-order valence-electron chi connectivity index (χ2n) is 5.55. The summed E-state index contributed by atoms with van der Waals surface area (Å²) in [4.78, 5) is 0. The Hall–Kier alpha value is -1.47. The lowest BCUT2D eigenvalue weighted by Crippen LogP contribution is -2.23. The van der Waals surface area contributed by atoms with Crippen LogP contribution in [-0.4, -0.2) is 12.5 Å². The van der Waals surface area contributed by atoms with Crippen molar-refractivity contribution >= 4 is 11.6 Å². The lowest BCUT2D eigenvalue weighted by Gasteiger charge is -2.22. The van der Waals surface area contributed by atoms with Crippen LogP contribution in [0.3, 0.4) is 0 Å². The highest BCUT2D eigenvalue weighted by Crippen LogP contribution is 2.53. The molecule has 104 valence electrons. The summed E-state index contributed by atoms with van der Waals surface area (Å²) >= 11 is 6.76. The van der Waals surface area contributed by atoms with E-state index in [2.05, 4.69) is 42.5 Å². The Morgan fingerprint density at radius 1 is 1.10 bits per heavy atom. The summed E-state index contributed by atoms with van der Waals surface area (Å²) < 4.78 is 5.28. The smallest absolute Gasteiger partial charge is 0.119 e. The monoisotopic (exact) mass is 286 g/mol. The molecule has 0 aromatic heterocycles. The molecule has 1 saturated carbocycles. The molecule has 1 aliphatic rings. The molecule has 1 aliphatic carbocycles. The van der Waals surface area contributed by atoms with Gasteiger partial charge in [-0.2, -0.15) is 0 Å². The normalized spacial score (nSPS) is 17.5. The first-order valence-corrected chi connectivity index (χ1v) is 7.51. The molecule has 0 radical (unpaired) electrons. The third-order valence-electron chi connectivity index (χ3n) is 4.29. The topological polar surface area (TPSA) is 9.23 Å². The zero-order valence-corrected chi connectivity index (χ0v) is 12.4. The van der Waals surface area contributed by atoms with Crippen LogP contribution in [0.15, 0.2) is 54.6 Å². The summed E-state index contributed by atoms with van der Waals surface area (Å²) in [5.41, 5.74) is 2.79. The van der Waals surface area contributed by atoms with Crippen LogP contribution in [0.25, 0.3) is 0 Å². The summed E-state index contributed by atoms with van der Waals surface area (Å²) in [6.45, 7) is 0. The van der Waals surface area contributed by atoms with Gasteiger partial charge in [-0.3, -0.25) is 0 Å². The van der Waals surface area contributed by atoms with Gasteiger partial charge >= 0.3 is 0 Å². The molecule has 0 heterocycles. The van der Waals surface area contributed by atoms with Crippen LogP contribution in [-0.2, 0) is 11.8 Å². The van der Waals surface area contributed by atoms with Gasteiger partial charge in [0.25, 0.3) is 0 Å². The van der Waals surface area contributed by atoms with Crippen LogP contribution in [0.5, 0.6) is 5.75 Å². The Morgan fingerprint density at radius 3 is 2.50 bits per heavy atom. The van der Waals surface area contributed by atoms with Crippen LogP contribution in [0.1, 0.15) is 24.0 Å². The number of benzene rings is 2. The van der Waals surface area contributed by atoms with E-state index < -0.39 is 0 Å². The number of hydrogen-bond donors (Lipinski definition) is 0. The summed E-state index contributed by atoms with van der Waals surface area (Å²) in [7, 11) is 1.70. The third kappa shape index (κ3) is 2.55. The fraction of sp³-hybridized carbons (Fsp3) is 0.333. The molecule has 0 spiro atoms. The first kappa shape index (κ1) is 13.5. The number of rotatable bonds is 5. The van der Waals surface area contributed by atoms with Crippen molar-refractivity contribution in [2.45, 2.75) is 30.1 Å². The van der Waals surface area contributed by atoms with Crippen LogP contribution in [0.2, 0.25) is 0 Å². The van der Waals surface area contributed by atoms with Gasteiger partial charge in [-0.1, -0.05) is 42.5 Å². The maximum absolute atomic E-state index is 6.76. The van der Waals surface area contributed by atoms with Gasteiger partial charge in [-0.25, -0.2) is 0 Å². The van der Waals surface area contributed by atoms with Crippen molar-refractivity contribution in [3.8, 4) is 5.75 Å². The molecule has 0 aliphatic heterocycles. The van der Waals surface area contributed by atoms with E-state index in [1.807, 2.05) is 12.1 Å². The molecule has 0 saturated heterocycles. The zero-order valence-electron chi connectivity index (χ0n) is 11.7. The molecule has 0 N–H and O–H groups in total. The number of halogens is 1. The summed E-state index contributed by atoms with van der Waals surface area (Å²) in [6.07, 6.45) is 3.26. The number of methoxy groups -OCH3 is 1. The van der Waals surface area contributed by atoms with Crippen molar-refractivity contribution in [3.05, 3.63) is 65.7 Å². The predicted molar refractivity (Wildman–Crippen MR) is 83.7 cm³/mol. The highest BCUT2D eigenvalue weighted by Gasteiger charge is 2.49. The van der Waals surface area contributed by atoms with Crippen LogP contribution < -0.4 is 4.74 Å². The average Bonchev–Trinajstić information content (AvgIpc) is 3.30. The van der Waals surface area contributed by atoms with Crippen LogP contribution in [0.4, 0.5) is 0 Å². The second kappa shape index (κ2) is 5.49. The summed E-state index contributed by atoms with van der Waals surface area (Å²) in [6, 6.07) is 18.9. The molecule has 1 fully saturated rings. The largest absolute Gasteiger partial charge is 0.497 e. The summed E-state index contributed by atoms with van der Waals surface area (Å²) in [5.74, 6) is 0.899. The predicted octanol–water partition coefficient (Wildman–Crippen LogP) is 4.58. The fourth-order valence-corrected chi connectivity index (χ4v) is 3.41. The number of hydrogen-bond acceptors (Lipinski definition) is 1. The molecule has 3 rings (SSSR count). The maximum atomic E-state index is 6.76. The second-order valence-corrected chi connectivity index (χ2v) is 6.07. The first-order valence-electron chi connectivity index (χ1n) is 7.07. The SMILES string of the molecule is COc1cccc(CC(Cl)C2(c3ccccc3)CC2)c1. The molecule has 2 aromatic carbocycles. The highest BCUT2D eigenvalue weighted by atomic mass is 35.5. The minimum Gasteiger partial charge on any atom is -0.497 e. The molecule has 0 amide bonds. The van der Waals surface area contributed by atoms with E-state index in [1.54, 1.807) is 7.11 Å². The quantitative estimate of drug-likeness (QED) is 0.731. The highest BCUT2D eigenvalue weighted by molar-refractivity contribution is 6.22. The van der Waals surface area contributed by atoms with E-state index in [4.69, 9.17) is 16.3 Å². The minimum absolute atomic E-state index is 0.136. The van der Waals surface area contributed by atoms with Crippen LogP contribution >= 0.6 is 11.6 Å². The van der Waals surface area contributed by atoms with Gasteiger partial charge in [0.1, 0.15) is 5.75 Å². The standard InChI is InChI=1S/C18H19ClO/c1-20-16-9-5-6-14(12-16)13-17(19)18(10-11-18)15-7-3-2-4-8-15/h2-9,12,17H,10-11,13H2,1H3. The Bertz CT molecular complexity index is 575. The van der Waals surface area contributed by atoms with Crippen molar-refractivity contribution in [1.82, 2.24) is 0 Å². The Kier molecular flexibility index (Phi) is 3.71. The number of alkyl halides is 1. The van der Waals surface area contributed by atoms with E-state index in [0.29, 0.717) is 0 Å². The first-order chi connectivity index (χ1) is 9.74. The molecule has 2 aromatic rings. The van der Waals surface area contributed by atoms with E-state index in [9.17, 15) is 0 Å². The zero-order chi connectivity index (χ0) is 14.0.